The Hall–Kier alpha value is -4.46. The van der Waals surface area contributed by atoms with Crippen LogP contribution in [0.15, 0.2) is 60.0 Å². The summed E-state index contributed by atoms with van der Waals surface area (Å²) < 4.78 is 50.4. The molecular formula is C23H18F3N5O3. The molecule has 3 aromatic rings. The van der Waals surface area contributed by atoms with Crippen LogP contribution in [0.1, 0.15) is 28.3 Å². The highest BCUT2D eigenvalue weighted by Crippen LogP contribution is 2.43. The standard InChI is InChI=1S/C23H18F3N5O3/c1-12-19-20(15(10-27)21(28)34-22(19)31-30-12)13-5-4-6-14(9-13)33-11-18(32)29-17-8-3-2-7-16(17)23(24,25)26/h2-9,20H,11,28H2,1H3,(H,29,32)(H,30,31). The minimum atomic E-state index is -4.61. The van der Waals surface area contributed by atoms with Crippen LogP contribution in [0.5, 0.6) is 11.6 Å². The van der Waals surface area contributed by atoms with Gasteiger partial charge in [0.05, 0.1) is 17.2 Å². The van der Waals surface area contributed by atoms with Crippen LogP contribution in [0, 0.1) is 18.3 Å². The summed E-state index contributed by atoms with van der Waals surface area (Å²) in [6, 6.07) is 13.4. The minimum absolute atomic E-state index is 0.0690. The monoisotopic (exact) mass is 469 g/mol. The number of nitrogens with zero attached hydrogens (tertiary/aromatic N) is 2. The van der Waals surface area contributed by atoms with Crippen LogP contribution in [-0.2, 0) is 11.0 Å². The highest BCUT2D eigenvalue weighted by atomic mass is 19.4. The number of aromatic nitrogens is 2. The Morgan fingerprint density at radius 3 is 2.79 bits per heavy atom. The quantitative estimate of drug-likeness (QED) is 0.519. The maximum absolute atomic E-state index is 13.1. The number of nitrogens with two attached hydrogens (primary N) is 1. The van der Waals surface area contributed by atoms with E-state index in [4.69, 9.17) is 15.2 Å². The third-order valence-electron chi connectivity index (χ3n) is 5.20. The number of carbonyl (C=O) groups excluding carboxylic acids is 1. The van der Waals surface area contributed by atoms with Crippen LogP contribution in [0.25, 0.3) is 0 Å². The van der Waals surface area contributed by atoms with E-state index in [0.717, 1.165) is 12.1 Å². The van der Waals surface area contributed by atoms with Gasteiger partial charge in [-0.05, 0) is 36.8 Å². The first-order valence-electron chi connectivity index (χ1n) is 10.00. The lowest BCUT2D eigenvalue weighted by atomic mass is 9.84. The second kappa shape index (κ2) is 8.82. The van der Waals surface area contributed by atoms with Crippen LogP contribution >= 0.6 is 0 Å². The molecule has 1 amide bonds. The number of amides is 1. The zero-order valence-electron chi connectivity index (χ0n) is 17.7. The third-order valence-corrected chi connectivity index (χ3v) is 5.20. The summed E-state index contributed by atoms with van der Waals surface area (Å²) in [5, 5.41) is 18.7. The second-order valence-electron chi connectivity index (χ2n) is 7.44. The van der Waals surface area contributed by atoms with Gasteiger partial charge in [0.25, 0.3) is 5.91 Å². The molecule has 0 spiro atoms. The Kier molecular flexibility index (Phi) is 5.89. The second-order valence-corrected chi connectivity index (χ2v) is 7.44. The number of allylic oxidation sites excluding steroid dienone is 1. The number of anilines is 1. The molecule has 2 aromatic carbocycles. The van der Waals surface area contributed by atoms with Gasteiger partial charge in [0.15, 0.2) is 6.61 Å². The van der Waals surface area contributed by atoms with Crippen molar-refractivity contribution in [3.05, 3.63) is 82.4 Å². The molecule has 1 aromatic heterocycles. The normalized spacial score (nSPS) is 15.2. The number of aromatic amines is 1. The average Bonchev–Trinajstić information content (AvgIpc) is 3.16. The molecule has 0 radical (unpaired) electrons. The number of H-pyrrole nitrogens is 1. The Bertz CT molecular complexity index is 1320. The zero-order chi connectivity index (χ0) is 24.5. The third kappa shape index (κ3) is 4.38. The Labute approximate surface area is 191 Å². The van der Waals surface area contributed by atoms with Gasteiger partial charge in [-0.15, -0.1) is 5.10 Å². The SMILES string of the molecule is Cc1[nH]nc2c1C(c1cccc(OCC(=O)Nc3ccccc3C(F)(F)F)c1)C(C#N)=C(N)O2. The lowest BCUT2D eigenvalue weighted by Crippen LogP contribution is -2.22. The first-order chi connectivity index (χ1) is 16.2. The number of alkyl halides is 3. The van der Waals surface area contributed by atoms with Crippen molar-refractivity contribution < 1.29 is 27.4 Å². The van der Waals surface area contributed by atoms with E-state index >= 15 is 0 Å². The van der Waals surface area contributed by atoms with Crippen molar-refractivity contribution in [3.63, 3.8) is 0 Å². The van der Waals surface area contributed by atoms with Gasteiger partial charge in [0.2, 0.25) is 11.8 Å². The fraction of sp³-hybridized carbons (Fsp3) is 0.174. The lowest BCUT2D eigenvalue weighted by Gasteiger charge is -2.24. The summed E-state index contributed by atoms with van der Waals surface area (Å²) in [5.41, 5.74) is 6.75. The number of halogens is 3. The van der Waals surface area contributed by atoms with Crippen LogP contribution in [0.2, 0.25) is 0 Å². The van der Waals surface area contributed by atoms with Gasteiger partial charge in [-0.3, -0.25) is 9.89 Å². The average molecular weight is 469 g/mol. The van der Waals surface area contributed by atoms with Crippen LogP contribution in [0.3, 0.4) is 0 Å². The maximum Gasteiger partial charge on any atom is 0.418 e. The van der Waals surface area contributed by atoms with Crippen molar-refractivity contribution in [2.45, 2.75) is 19.0 Å². The van der Waals surface area contributed by atoms with E-state index in [2.05, 4.69) is 21.6 Å². The number of nitrogens with one attached hydrogen (secondary N) is 2. The minimum Gasteiger partial charge on any atom is -0.484 e. The number of aryl methyl sites for hydroxylation is 1. The van der Waals surface area contributed by atoms with E-state index in [1.165, 1.54) is 12.1 Å². The molecule has 0 aliphatic carbocycles. The van der Waals surface area contributed by atoms with E-state index in [9.17, 15) is 23.2 Å². The molecule has 1 aliphatic rings. The predicted octanol–water partition coefficient (Wildman–Crippen LogP) is 3.97. The summed E-state index contributed by atoms with van der Waals surface area (Å²) in [6.07, 6.45) is -4.61. The molecule has 174 valence electrons. The van der Waals surface area contributed by atoms with E-state index in [-0.39, 0.29) is 28.8 Å². The molecule has 2 heterocycles. The number of para-hydroxylation sites is 1. The summed E-state index contributed by atoms with van der Waals surface area (Å²) in [4.78, 5) is 12.3. The molecule has 0 fully saturated rings. The van der Waals surface area contributed by atoms with E-state index < -0.39 is 30.2 Å². The number of ether oxygens (including phenoxy) is 2. The highest BCUT2D eigenvalue weighted by molar-refractivity contribution is 5.92. The topological polar surface area (TPSA) is 126 Å². The van der Waals surface area contributed by atoms with Gasteiger partial charge in [0.1, 0.15) is 17.4 Å². The molecule has 4 rings (SSSR count). The van der Waals surface area contributed by atoms with Crippen molar-refractivity contribution in [2.24, 2.45) is 5.73 Å². The van der Waals surface area contributed by atoms with Gasteiger partial charge < -0.3 is 20.5 Å². The molecule has 34 heavy (non-hydrogen) atoms. The zero-order valence-corrected chi connectivity index (χ0v) is 17.7. The largest absolute Gasteiger partial charge is 0.484 e. The first kappa shape index (κ1) is 22.7. The summed E-state index contributed by atoms with van der Waals surface area (Å²) in [5.74, 6) is -0.873. The molecule has 0 saturated carbocycles. The number of fused-ring (bicyclic) bond motifs is 1. The number of nitriles is 1. The Morgan fingerprint density at radius 2 is 2.06 bits per heavy atom. The summed E-state index contributed by atoms with van der Waals surface area (Å²) >= 11 is 0. The summed E-state index contributed by atoms with van der Waals surface area (Å²) in [7, 11) is 0. The number of carbonyl (C=O) groups is 1. The van der Waals surface area contributed by atoms with Crippen molar-refractivity contribution >= 4 is 11.6 Å². The number of hydrogen-bond acceptors (Lipinski definition) is 6. The van der Waals surface area contributed by atoms with Gasteiger partial charge in [-0.25, -0.2) is 0 Å². The highest BCUT2D eigenvalue weighted by Gasteiger charge is 2.35. The Balaban J connectivity index is 1.53. The van der Waals surface area contributed by atoms with Crippen molar-refractivity contribution in [2.75, 3.05) is 11.9 Å². The van der Waals surface area contributed by atoms with Crippen molar-refractivity contribution in [1.82, 2.24) is 10.2 Å². The van der Waals surface area contributed by atoms with Crippen LogP contribution < -0.4 is 20.5 Å². The molecule has 1 aliphatic heterocycles. The molecule has 8 nitrogen and oxygen atoms in total. The maximum atomic E-state index is 13.1. The molecule has 1 atom stereocenters. The molecule has 11 heteroatoms. The lowest BCUT2D eigenvalue weighted by molar-refractivity contribution is -0.137. The van der Waals surface area contributed by atoms with Crippen LogP contribution in [0.4, 0.5) is 18.9 Å². The first-order valence-corrected chi connectivity index (χ1v) is 10.00. The molecule has 4 N–H and O–H groups in total. The van der Waals surface area contributed by atoms with E-state index in [1.54, 1.807) is 31.2 Å². The predicted molar refractivity (Wildman–Crippen MR) is 115 cm³/mol. The fourth-order valence-electron chi connectivity index (χ4n) is 3.69. The van der Waals surface area contributed by atoms with Gasteiger partial charge >= 0.3 is 6.18 Å². The fourth-order valence-corrected chi connectivity index (χ4v) is 3.69. The van der Waals surface area contributed by atoms with Gasteiger partial charge in [-0.2, -0.15) is 18.4 Å². The molecule has 0 saturated heterocycles. The number of hydrogen-bond donors (Lipinski definition) is 3. The van der Waals surface area contributed by atoms with Gasteiger partial charge in [0, 0.05) is 11.3 Å². The van der Waals surface area contributed by atoms with E-state index in [1.807, 2.05) is 0 Å². The molecular weight excluding hydrogens is 451 g/mol. The Morgan fingerprint density at radius 1 is 1.29 bits per heavy atom. The van der Waals surface area contributed by atoms with Crippen molar-refractivity contribution in [1.29, 1.82) is 5.26 Å². The van der Waals surface area contributed by atoms with Crippen molar-refractivity contribution in [3.8, 4) is 17.7 Å². The number of benzene rings is 2. The molecule has 1 unspecified atom stereocenters. The molecule has 0 bridgehead atoms. The number of rotatable bonds is 5. The van der Waals surface area contributed by atoms with E-state index in [0.29, 0.717) is 16.8 Å². The van der Waals surface area contributed by atoms with Gasteiger partial charge in [-0.1, -0.05) is 24.3 Å². The van der Waals surface area contributed by atoms with Crippen LogP contribution in [-0.4, -0.2) is 22.7 Å². The summed E-state index contributed by atoms with van der Waals surface area (Å²) in [6.45, 7) is 1.25. The smallest absolute Gasteiger partial charge is 0.418 e.